The molecule has 3 N–H and O–H groups in total. The third-order valence-electron chi connectivity index (χ3n) is 3.39. The molecule has 0 bridgehead atoms. The molecule has 5 heteroatoms. The van der Waals surface area contributed by atoms with E-state index < -0.39 is 5.91 Å². The van der Waals surface area contributed by atoms with Crippen molar-refractivity contribution in [2.24, 2.45) is 5.73 Å². The van der Waals surface area contributed by atoms with Crippen LogP contribution in [0.25, 0.3) is 0 Å². The van der Waals surface area contributed by atoms with Crippen LogP contribution in [0.15, 0.2) is 24.3 Å². The van der Waals surface area contributed by atoms with Crippen molar-refractivity contribution in [1.82, 2.24) is 0 Å². The van der Waals surface area contributed by atoms with Gasteiger partial charge in [-0.2, -0.15) is 0 Å². The van der Waals surface area contributed by atoms with Gasteiger partial charge in [-0.1, -0.05) is 13.0 Å². The number of hydrogen-bond donors (Lipinski definition) is 2. The van der Waals surface area contributed by atoms with Gasteiger partial charge < -0.3 is 11.1 Å². The predicted octanol–water partition coefficient (Wildman–Crippen LogP) is 3.28. The van der Waals surface area contributed by atoms with E-state index in [1.54, 1.807) is 12.1 Å². The number of amides is 2. The molecule has 1 aromatic carbocycles. The molecule has 21 heavy (non-hydrogen) atoms. The number of benzene rings is 1. The molecule has 1 aromatic heterocycles. The van der Waals surface area contributed by atoms with Gasteiger partial charge in [-0.05, 0) is 49.6 Å². The van der Waals surface area contributed by atoms with E-state index in [9.17, 15) is 9.59 Å². The number of primary amides is 1. The average Bonchev–Trinajstić information content (AvgIpc) is 2.85. The van der Waals surface area contributed by atoms with Crippen LogP contribution in [-0.2, 0) is 6.42 Å². The van der Waals surface area contributed by atoms with E-state index in [2.05, 4.69) is 5.32 Å². The second-order valence-corrected chi connectivity index (χ2v) is 6.06. The zero-order chi connectivity index (χ0) is 15.6. The maximum atomic E-state index is 12.3. The first-order chi connectivity index (χ1) is 9.92. The first kappa shape index (κ1) is 15.3. The Hall–Kier alpha value is -2.14. The molecule has 0 saturated heterocycles. The quantitative estimate of drug-likeness (QED) is 0.909. The van der Waals surface area contributed by atoms with E-state index in [0.717, 1.165) is 22.4 Å². The monoisotopic (exact) mass is 302 g/mol. The Labute approximate surface area is 128 Å². The van der Waals surface area contributed by atoms with Crippen LogP contribution in [0.2, 0.25) is 0 Å². The number of carbonyl (C=O) groups excluding carboxylic acids is 2. The SMILES string of the molecule is CCc1cc(C(N)=O)c(NC(=O)c2ccc(C)c(C)c2)s1. The van der Waals surface area contributed by atoms with E-state index in [1.807, 2.05) is 32.9 Å². The summed E-state index contributed by atoms with van der Waals surface area (Å²) in [5, 5.41) is 3.30. The number of nitrogens with two attached hydrogens (primary N) is 1. The first-order valence-electron chi connectivity index (χ1n) is 6.73. The van der Waals surface area contributed by atoms with Crippen molar-refractivity contribution in [2.45, 2.75) is 27.2 Å². The molecule has 0 spiro atoms. The molecule has 0 aliphatic carbocycles. The topological polar surface area (TPSA) is 72.2 Å². The van der Waals surface area contributed by atoms with Gasteiger partial charge in [0.2, 0.25) is 0 Å². The minimum atomic E-state index is -0.527. The molecule has 0 radical (unpaired) electrons. The van der Waals surface area contributed by atoms with Crippen molar-refractivity contribution < 1.29 is 9.59 Å². The summed E-state index contributed by atoms with van der Waals surface area (Å²) in [7, 11) is 0. The summed E-state index contributed by atoms with van der Waals surface area (Å²) >= 11 is 1.39. The Bertz CT molecular complexity index is 704. The second-order valence-electron chi connectivity index (χ2n) is 4.93. The zero-order valence-corrected chi connectivity index (χ0v) is 13.1. The summed E-state index contributed by atoms with van der Waals surface area (Å²) < 4.78 is 0. The molecule has 0 unspecified atom stereocenters. The fraction of sp³-hybridized carbons (Fsp3) is 0.250. The lowest BCUT2D eigenvalue weighted by atomic mass is 10.1. The molecule has 2 aromatic rings. The maximum Gasteiger partial charge on any atom is 0.256 e. The molecule has 1 heterocycles. The second kappa shape index (κ2) is 6.10. The summed E-state index contributed by atoms with van der Waals surface area (Å²) in [4.78, 5) is 24.8. The van der Waals surface area contributed by atoms with Crippen molar-refractivity contribution in [3.8, 4) is 0 Å². The van der Waals surface area contributed by atoms with Crippen molar-refractivity contribution in [3.05, 3.63) is 51.4 Å². The molecule has 4 nitrogen and oxygen atoms in total. The fourth-order valence-corrected chi connectivity index (χ4v) is 2.95. The number of thiophene rings is 1. The van der Waals surface area contributed by atoms with Gasteiger partial charge >= 0.3 is 0 Å². The van der Waals surface area contributed by atoms with Gasteiger partial charge in [0.1, 0.15) is 5.00 Å². The number of nitrogens with one attached hydrogen (secondary N) is 1. The normalized spacial score (nSPS) is 10.4. The number of aryl methyl sites for hydroxylation is 3. The van der Waals surface area contributed by atoms with E-state index >= 15 is 0 Å². The standard InChI is InChI=1S/C16H18N2O2S/c1-4-12-8-13(14(17)19)16(21-12)18-15(20)11-6-5-9(2)10(3)7-11/h5-8H,4H2,1-3H3,(H2,17,19)(H,18,20). The molecule has 0 aliphatic heterocycles. The lowest BCUT2D eigenvalue weighted by Gasteiger charge is -2.06. The minimum Gasteiger partial charge on any atom is -0.366 e. The van der Waals surface area contributed by atoms with Gasteiger partial charge in [-0.25, -0.2) is 0 Å². The van der Waals surface area contributed by atoms with E-state index in [-0.39, 0.29) is 5.91 Å². The van der Waals surface area contributed by atoms with Crippen LogP contribution in [0.3, 0.4) is 0 Å². The number of carbonyl (C=O) groups is 2. The highest BCUT2D eigenvalue weighted by Gasteiger charge is 2.16. The van der Waals surface area contributed by atoms with Crippen molar-refractivity contribution in [3.63, 3.8) is 0 Å². The lowest BCUT2D eigenvalue weighted by molar-refractivity contribution is 0.100. The lowest BCUT2D eigenvalue weighted by Crippen LogP contribution is -2.16. The van der Waals surface area contributed by atoms with Gasteiger partial charge in [0, 0.05) is 10.4 Å². The fourth-order valence-electron chi connectivity index (χ4n) is 1.95. The van der Waals surface area contributed by atoms with Crippen LogP contribution in [0, 0.1) is 13.8 Å². The molecule has 0 saturated carbocycles. The average molecular weight is 302 g/mol. The smallest absolute Gasteiger partial charge is 0.256 e. The molecule has 110 valence electrons. The molecule has 0 aliphatic rings. The molecule has 2 amide bonds. The van der Waals surface area contributed by atoms with Gasteiger partial charge in [-0.15, -0.1) is 11.3 Å². The van der Waals surface area contributed by atoms with Gasteiger partial charge in [0.25, 0.3) is 11.8 Å². The zero-order valence-electron chi connectivity index (χ0n) is 12.3. The van der Waals surface area contributed by atoms with E-state index in [4.69, 9.17) is 5.73 Å². The minimum absolute atomic E-state index is 0.231. The van der Waals surface area contributed by atoms with Crippen LogP contribution < -0.4 is 11.1 Å². The van der Waals surface area contributed by atoms with Gasteiger partial charge in [0.15, 0.2) is 0 Å². The highest BCUT2D eigenvalue weighted by atomic mass is 32.1. The maximum absolute atomic E-state index is 12.3. The van der Waals surface area contributed by atoms with Crippen LogP contribution in [-0.4, -0.2) is 11.8 Å². The van der Waals surface area contributed by atoms with Gasteiger partial charge in [-0.3, -0.25) is 9.59 Å². The summed E-state index contributed by atoms with van der Waals surface area (Å²) in [5.41, 5.74) is 8.48. The Morgan fingerprint density at radius 1 is 1.19 bits per heavy atom. The van der Waals surface area contributed by atoms with Crippen molar-refractivity contribution in [2.75, 3.05) is 5.32 Å². The Morgan fingerprint density at radius 2 is 1.90 bits per heavy atom. The molecular weight excluding hydrogens is 284 g/mol. The summed E-state index contributed by atoms with van der Waals surface area (Å²) in [6, 6.07) is 7.26. The number of hydrogen-bond acceptors (Lipinski definition) is 3. The van der Waals surface area contributed by atoms with Crippen LogP contribution in [0.4, 0.5) is 5.00 Å². The third kappa shape index (κ3) is 3.31. The Kier molecular flexibility index (Phi) is 4.43. The predicted molar refractivity (Wildman–Crippen MR) is 86.1 cm³/mol. The summed E-state index contributed by atoms with van der Waals surface area (Å²) in [6.45, 7) is 5.95. The van der Waals surface area contributed by atoms with Gasteiger partial charge in [0.05, 0.1) is 5.56 Å². The van der Waals surface area contributed by atoms with Crippen molar-refractivity contribution >= 4 is 28.2 Å². The third-order valence-corrected chi connectivity index (χ3v) is 4.59. The van der Waals surface area contributed by atoms with Crippen LogP contribution >= 0.6 is 11.3 Å². The Balaban J connectivity index is 2.28. The van der Waals surface area contributed by atoms with Crippen LogP contribution in [0.1, 0.15) is 43.6 Å². The largest absolute Gasteiger partial charge is 0.366 e. The molecule has 0 fully saturated rings. The molecule has 0 atom stereocenters. The highest BCUT2D eigenvalue weighted by Crippen LogP contribution is 2.28. The number of anilines is 1. The summed E-state index contributed by atoms with van der Waals surface area (Å²) in [5.74, 6) is -0.758. The van der Waals surface area contributed by atoms with E-state index in [1.165, 1.54) is 11.3 Å². The van der Waals surface area contributed by atoms with Crippen LogP contribution in [0.5, 0.6) is 0 Å². The number of rotatable bonds is 4. The Morgan fingerprint density at radius 3 is 2.48 bits per heavy atom. The first-order valence-corrected chi connectivity index (χ1v) is 7.55. The molecule has 2 rings (SSSR count). The summed E-state index contributed by atoms with van der Waals surface area (Å²) in [6.07, 6.45) is 0.796. The molecular formula is C16H18N2O2S. The highest BCUT2D eigenvalue weighted by molar-refractivity contribution is 7.16. The van der Waals surface area contributed by atoms with Crippen molar-refractivity contribution in [1.29, 1.82) is 0 Å². The van der Waals surface area contributed by atoms with E-state index in [0.29, 0.717) is 16.1 Å².